The van der Waals surface area contributed by atoms with Crippen LogP contribution >= 0.6 is 0 Å². The number of hydrogen-bond acceptors (Lipinski definition) is 4. The largest absolute Gasteiger partial charge is 0.454 e. The topological polar surface area (TPSA) is 71.8 Å². The summed E-state index contributed by atoms with van der Waals surface area (Å²) in [5.41, 5.74) is 37.4. The summed E-state index contributed by atoms with van der Waals surface area (Å²) in [6, 6.07) is 169. The van der Waals surface area contributed by atoms with Gasteiger partial charge in [-0.3, -0.25) is 0 Å². The predicted molar refractivity (Wildman–Crippen MR) is 562 cm³/mol. The molecule has 0 N–H and O–H groups in total. The average Bonchev–Trinajstić information content (AvgIpc) is 1.60. The smallest absolute Gasteiger partial charge is 0.160 e. The second-order valence-electron chi connectivity index (χ2n) is 35.8. The van der Waals surface area contributed by atoms with Crippen molar-refractivity contribution in [1.82, 2.24) is 28.2 Å². The minimum atomic E-state index is -0.0533. The van der Waals surface area contributed by atoms with Crippen molar-refractivity contribution in [2.45, 2.75) is 19.3 Å². The second kappa shape index (κ2) is 31.8. The van der Waals surface area contributed by atoms with Gasteiger partial charge in [-0.25, -0.2) is 9.97 Å². The van der Waals surface area contributed by atoms with Gasteiger partial charge in [-0.1, -0.05) is 347 Å². The Labute approximate surface area is 778 Å². The molecule has 0 amide bonds. The maximum absolute atomic E-state index is 6.57. The van der Waals surface area contributed by atoms with E-state index >= 15 is 0 Å². The van der Waals surface area contributed by atoms with Crippen molar-refractivity contribution in [2.24, 2.45) is 0 Å². The molecule has 1 aliphatic rings. The zero-order chi connectivity index (χ0) is 89.4. The van der Waals surface area contributed by atoms with Gasteiger partial charge in [-0.2, -0.15) is 0 Å². The number of para-hydroxylation sites is 6. The minimum absolute atomic E-state index is 0.0533. The Morgan fingerprint density at radius 2 is 0.556 bits per heavy atom. The van der Waals surface area contributed by atoms with Gasteiger partial charge in [-0.05, 0) is 206 Å². The van der Waals surface area contributed by atoms with Crippen molar-refractivity contribution in [2.75, 3.05) is 0 Å². The van der Waals surface area contributed by atoms with E-state index in [0.717, 1.165) is 106 Å². The molecule has 27 aromatic rings. The molecule has 0 saturated heterocycles. The molecule has 7 heterocycles. The average molecular weight is 1730 g/mol. The molecule has 0 spiro atoms. The lowest BCUT2D eigenvalue weighted by Crippen LogP contribution is -2.14. The number of furan rings is 2. The van der Waals surface area contributed by atoms with E-state index in [9.17, 15) is 0 Å². The molecule has 28 rings (SSSR count). The Morgan fingerprint density at radius 1 is 0.207 bits per heavy atom. The zero-order valence-corrected chi connectivity index (χ0v) is 74.0. The standard InChI is InChI=1S/C51H36N2.C40H25N3O.C36H23NO/c1-51(2)43-22-12-9-20-40(43)49-44(51)26-28-48-50(49)41-21-11-14-24-46(41)52(48)37-25-27-47-42(32-37)39-19-10-13-23-45(39)53(47)38-30-35(33-15-5-3-6-16-33)29-36(31-38)34-17-7-4-8-18-34;1-3-11-26(12-4-1)34-25-35(27-13-5-2-6-14-27)42-40(41-34)28-19-21-29(22-20-28)43-36-17-9-7-15-30(36)32-23-24-33-31-16-8-10-18-37(31)44-39(33)38(32)43;1-3-11-24(12-4-1)26-21-27(25-13-5-2-6-14-25)23-28(22-26)37-33-17-9-7-15-29(33)31-19-20-32-30-16-8-10-18-34(30)38-36(32)35(31)37/h3-32H,1-2H3;1-25H;1-23H. The fourth-order valence-corrected chi connectivity index (χ4v) is 21.4. The molecule has 20 aromatic carbocycles. The van der Waals surface area contributed by atoms with Crippen LogP contribution < -0.4 is 0 Å². The molecule has 0 atom stereocenters. The third-order valence-electron chi connectivity index (χ3n) is 27.7. The molecule has 0 aliphatic heterocycles. The molecule has 0 fully saturated rings. The third kappa shape index (κ3) is 13.0. The molecule has 7 aromatic heterocycles. The van der Waals surface area contributed by atoms with Crippen molar-refractivity contribution in [3.05, 3.63) is 484 Å². The summed E-state index contributed by atoms with van der Waals surface area (Å²) in [5.74, 6) is 0.693. The van der Waals surface area contributed by atoms with Crippen molar-refractivity contribution in [3.63, 3.8) is 0 Å². The van der Waals surface area contributed by atoms with Crippen LogP contribution in [0.1, 0.15) is 25.0 Å². The monoisotopic (exact) mass is 1720 g/mol. The number of rotatable bonds is 11. The van der Waals surface area contributed by atoms with Gasteiger partial charge in [0, 0.05) is 109 Å². The van der Waals surface area contributed by atoms with Crippen molar-refractivity contribution in [3.8, 4) is 112 Å². The molecular formula is C127H84N6O2. The van der Waals surface area contributed by atoms with Crippen LogP contribution in [0.2, 0.25) is 0 Å². The van der Waals surface area contributed by atoms with E-state index in [1.54, 1.807) is 0 Å². The van der Waals surface area contributed by atoms with Gasteiger partial charge in [0.15, 0.2) is 17.0 Å². The first-order valence-corrected chi connectivity index (χ1v) is 46.2. The highest BCUT2D eigenvalue weighted by atomic mass is 16.3. The van der Waals surface area contributed by atoms with Crippen molar-refractivity contribution >= 4 is 131 Å². The maximum atomic E-state index is 6.57. The predicted octanol–water partition coefficient (Wildman–Crippen LogP) is 34.0. The molecule has 634 valence electrons. The highest BCUT2D eigenvalue weighted by molar-refractivity contribution is 6.24. The van der Waals surface area contributed by atoms with Crippen molar-refractivity contribution < 1.29 is 8.83 Å². The summed E-state index contributed by atoms with van der Waals surface area (Å²) >= 11 is 0. The van der Waals surface area contributed by atoms with E-state index in [1.807, 2.05) is 54.6 Å². The second-order valence-corrected chi connectivity index (χ2v) is 35.8. The Morgan fingerprint density at radius 3 is 1.04 bits per heavy atom. The van der Waals surface area contributed by atoms with Crippen LogP contribution in [-0.2, 0) is 5.41 Å². The van der Waals surface area contributed by atoms with Gasteiger partial charge in [0.1, 0.15) is 11.2 Å². The number of hydrogen-bond donors (Lipinski definition) is 0. The van der Waals surface area contributed by atoms with E-state index in [0.29, 0.717) is 5.82 Å². The summed E-state index contributed by atoms with van der Waals surface area (Å²) in [6.07, 6.45) is 0. The van der Waals surface area contributed by atoms with E-state index < -0.39 is 0 Å². The number of fused-ring (bicyclic) bond motifs is 24. The number of nitrogens with zero attached hydrogens (tertiary/aromatic N) is 6. The lowest BCUT2D eigenvalue weighted by molar-refractivity contribution is 0.661. The first kappa shape index (κ1) is 78.3. The molecule has 8 nitrogen and oxygen atoms in total. The fourth-order valence-electron chi connectivity index (χ4n) is 21.4. The van der Waals surface area contributed by atoms with Crippen LogP contribution in [0.5, 0.6) is 0 Å². The fraction of sp³-hybridized carbons (Fsp3) is 0.0236. The first-order valence-electron chi connectivity index (χ1n) is 46.2. The van der Waals surface area contributed by atoms with Gasteiger partial charge < -0.3 is 27.1 Å². The molecule has 8 heteroatoms. The molecule has 1 aliphatic carbocycles. The van der Waals surface area contributed by atoms with Crippen LogP contribution in [0.3, 0.4) is 0 Å². The Hall–Kier alpha value is -17.7. The van der Waals surface area contributed by atoms with Gasteiger partial charge >= 0.3 is 0 Å². The maximum Gasteiger partial charge on any atom is 0.160 e. The molecular weight excluding hydrogens is 1640 g/mol. The van der Waals surface area contributed by atoms with Crippen LogP contribution in [0, 0.1) is 0 Å². The third-order valence-corrected chi connectivity index (χ3v) is 27.7. The van der Waals surface area contributed by atoms with Crippen LogP contribution in [0.4, 0.5) is 0 Å². The molecule has 0 unspecified atom stereocenters. The van der Waals surface area contributed by atoms with E-state index in [2.05, 4.69) is 451 Å². The van der Waals surface area contributed by atoms with Crippen molar-refractivity contribution in [1.29, 1.82) is 0 Å². The van der Waals surface area contributed by atoms with Gasteiger partial charge in [0.05, 0.1) is 55.5 Å². The van der Waals surface area contributed by atoms with E-state index in [4.69, 9.17) is 18.8 Å². The highest BCUT2D eigenvalue weighted by Gasteiger charge is 2.38. The summed E-state index contributed by atoms with van der Waals surface area (Å²) in [4.78, 5) is 10.0. The first-order chi connectivity index (χ1) is 66.7. The van der Waals surface area contributed by atoms with E-state index in [-0.39, 0.29) is 5.41 Å². The number of aromatic nitrogens is 6. The summed E-state index contributed by atoms with van der Waals surface area (Å²) in [5, 5.41) is 14.4. The minimum Gasteiger partial charge on any atom is -0.454 e. The summed E-state index contributed by atoms with van der Waals surface area (Å²) in [7, 11) is 0. The quantitative estimate of drug-likeness (QED) is 0.129. The van der Waals surface area contributed by atoms with Gasteiger partial charge in [0.25, 0.3) is 0 Å². The van der Waals surface area contributed by atoms with Crippen LogP contribution in [-0.4, -0.2) is 28.2 Å². The van der Waals surface area contributed by atoms with Gasteiger partial charge in [0.2, 0.25) is 0 Å². The molecule has 135 heavy (non-hydrogen) atoms. The normalized spacial score (nSPS) is 12.3. The lowest BCUT2D eigenvalue weighted by atomic mass is 9.82. The Bertz CT molecular complexity index is 9190. The van der Waals surface area contributed by atoms with E-state index in [1.165, 1.54) is 143 Å². The Balaban J connectivity index is 0.000000107. The van der Waals surface area contributed by atoms with Crippen LogP contribution in [0.25, 0.3) is 243 Å². The summed E-state index contributed by atoms with van der Waals surface area (Å²) < 4.78 is 22.7. The SMILES string of the molecule is CC1(C)c2ccccc2-c2c1ccc1c2c2ccccc2n1-c1ccc2c(c1)c1ccccc1n2-c1cc(-c2ccccc2)cc(-c2ccccc2)c1.c1ccc(-c2cc(-c3ccccc3)cc(-n3c4ccccc4c4ccc5c6ccccc6oc5c43)c2)cc1.c1ccc(-c2cc(-c3ccccc3)nc(-c3ccc(-n4c5ccccc5c5ccc6c7ccccc7oc6c54)cc3)n2)cc1. The lowest BCUT2D eigenvalue weighted by Gasteiger charge is -2.21. The number of benzene rings is 20. The van der Waals surface area contributed by atoms with Crippen LogP contribution in [0.15, 0.2) is 482 Å². The Kier molecular flexibility index (Phi) is 18.5. The molecule has 0 saturated carbocycles. The van der Waals surface area contributed by atoms with Gasteiger partial charge in [-0.15, -0.1) is 0 Å². The molecule has 0 radical (unpaired) electrons. The summed E-state index contributed by atoms with van der Waals surface area (Å²) in [6.45, 7) is 4.73. The zero-order valence-electron chi connectivity index (χ0n) is 74.0. The highest BCUT2D eigenvalue weighted by Crippen LogP contribution is 2.54. The molecule has 0 bridgehead atoms.